The van der Waals surface area contributed by atoms with Crippen molar-refractivity contribution in [3.05, 3.63) is 35.0 Å². The number of primary amides is 1. The highest BCUT2D eigenvalue weighted by molar-refractivity contribution is 5.91. The van der Waals surface area contributed by atoms with Crippen LogP contribution in [0, 0.1) is 0 Å². The Morgan fingerprint density at radius 3 is 2.61 bits per heavy atom. The molecular formula is C20H26N6O2. The largest absolute Gasteiger partial charge is 0.372 e. The molecule has 2 aromatic heterocycles. The number of hydrogen-bond donors (Lipinski definition) is 2. The molecule has 1 amide bonds. The third kappa shape index (κ3) is 3.48. The summed E-state index contributed by atoms with van der Waals surface area (Å²) in [6.45, 7) is 2.60. The average Bonchev–Trinajstić information content (AvgIpc) is 3.21. The normalized spacial score (nSPS) is 23.3. The molecule has 5 rings (SSSR count). The zero-order valence-electron chi connectivity index (χ0n) is 15.9. The number of aromatic amines is 1. The monoisotopic (exact) mass is 382 g/mol. The molecule has 2 aromatic rings. The van der Waals surface area contributed by atoms with Crippen molar-refractivity contribution in [3.8, 4) is 0 Å². The molecule has 2 aliphatic heterocycles. The summed E-state index contributed by atoms with van der Waals surface area (Å²) in [5, 5.41) is 7.73. The van der Waals surface area contributed by atoms with Gasteiger partial charge in [-0.2, -0.15) is 5.10 Å². The number of amides is 1. The van der Waals surface area contributed by atoms with Crippen LogP contribution < -0.4 is 10.6 Å². The fraction of sp³-hybridized carbons (Fsp3) is 0.600. The minimum atomic E-state index is -0.487. The molecule has 0 aromatic carbocycles. The van der Waals surface area contributed by atoms with Crippen LogP contribution in [0.25, 0.3) is 0 Å². The summed E-state index contributed by atoms with van der Waals surface area (Å²) < 4.78 is 5.75. The number of aromatic nitrogens is 4. The number of rotatable bonds is 5. The molecule has 3 fully saturated rings. The molecule has 0 spiro atoms. The first-order valence-corrected chi connectivity index (χ1v) is 10.3. The molecule has 8 nitrogen and oxygen atoms in total. The molecule has 1 saturated carbocycles. The molecule has 0 bridgehead atoms. The fourth-order valence-electron chi connectivity index (χ4n) is 4.22. The quantitative estimate of drug-likeness (QED) is 0.822. The second-order valence-electron chi connectivity index (χ2n) is 8.12. The molecule has 4 heterocycles. The Morgan fingerprint density at radius 1 is 1.11 bits per heavy atom. The molecule has 2 saturated heterocycles. The van der Waals surface area contributed by atoms with E-state index >= 15 is 0 Å². The van der Waals surface area contributed by atoms with Crippen molar-refractivity contribution in [3.63, 3.8) is 0 Å². The smallest absolute Gasteiger partial charge is 0.267 e. The number of H-pyrrole nitrogens is 1. The zero-order valence-corrected chi connectivity index (χ0v) is 15.9. The van der Waals surface area contributed by atoms with Gasteiger partial charge in [-0.15, -0.1) is 0 Å². The lowest BCUT2D eigenvalue weighted by atomic mass is 9.93. The molecule has 148 valence electrons. The van der Waals surface area contributed by atoms with Gasteiger partial charge in [0.05, 0.1) is 17.5 Å². The van der Waals surface area contributed by atoms with Crippen molar-refractivity contribution in [1.29, 1.82) is 0 Å². The van der Waals surface area contributed by atoms with E-state index in [4.69, 9.17) is 15.5 Å². The average molecular weight is 382 g/mol. The topological polar surface area (TPSA) is 110 Å². The minimum Gasteiger partial charge on any atom is -0.372 e. The maximum Gasteiger partial charge on any atom is 0.267 e. The summed E-state index contributed by atoms with van der Waals surface area (Å²) >= 11 is 0. The van der Waals surface area contributed by atoms with Crippen LogP contribution in [-0.4, -0.2) is 45.8 Å². The van der Waals surface area contributed by atoms with E-state index in [0.29, 0.717) is 17.5 Å². The Labute approximate surface area is 163 Å². The fourth-order valence-corrected chi connectivity index (χ4v) is 4.22. The molecule has 8 heteroatoms. The van der Waals surface area contributed by atoms with Gasteiger partial charge >= 0.3 is 0 Å². The van der Waals surface area contributed by atoms with Crippen LogP contribution in [0.1, 0.15) is 84.2 Å². The van der Waals surface area contributed by atoms with E-state index < -0.39 is 5.91 Å². The predicted octanol–water partition coefficient (Wildman–Crippen LogP) is 2.41. The van der Waals surface area contributed by atoms with Crippen molar-refractivity contribution in [1.82, 2.24) is 20.2 Å². The number of carbonyl (C=O) groups excluding carboxylic acids is 1. The maximum atomic E-state index is 11.7. The van der Waals surface area contributed by atoms with E-state index in [9.17, 15) is 4.79 Å². The van der Waals surface area contributed by atoms with Gasteiger partial charge < -0.3 is 15.4 Å². The molecule has 1 unspecified atom stereocenters. The van der Waals surface area contributed by atoms with Crippen LogP contribution in [-0.2, 0) is 4.74 Å². The number of nitrogens with one attached hydrogen (secondary N) is 1. The van der Waals surface area contributed by atoms with Gasteiger partial charge in [-0.25, -0.2) is 9.97 Å². The van der Waals surface area contributed by atoms with Crippen molar-refractivity contribution >= 4 is 11.7 Å². The predicted molar refractivity (Wildman–Crippen MR) is 103 cm³/mol. The molecule has 3 aliphatic rings. The van der Waals surface area contributed by atoms with E-state index in [0.717, 1.165) is 81.3 Å². The Kier molecular flexibility index (Phi) is 4.50. The highest BCUT2D eigenvalue weighted by Crippen LogP contribution is 2.39. The number of anilines is 1. The third-order valence-corrected chi connectivity index (χ3v) is 6.06. The van der Waals surface area contributed by atoms with E-state index in [1.54, 1.807) is 6.07 Å². The van der Waals surface area contributed by atoms with Crippen LogP contribution in [0.3, 0.4) is 0 Å². The van der Waals surface area contributed by atoms with Gasteiger partial charge in [-0.05, 0) is 44.6 Å². The van der Waals surface area contributed by atoms with E-state index in [-0.39, 0.29) is 6.10 Å². The van der Waals surface area contributed by atoms with Crippen LogP contribution in [0.4, 0.5) is 5.82 Å². The van der Waals surface area contributed by atoms with Crippen molar-refractivity contribution in [2.45, 2.75) is 56.5 Å². The summed E-state index contributed by atoms with van der Waals surface area (Å²) in [4.78, 5) is 23.0. The van der Waals surface area contributed by atoms with E-state index in [1.165, 1.54) is 0 Å². The number of nitrogens with two attached hydrogens (primary N) is 1. The molecule has 1 aliphatic carbocycles. The van der Waals surface area contributed by atoms with Crippen molar-refractivity contribution in [2.75, 3.05) is 24.6 Å². The molecule has 0 radical (unpaired) electrons. The second kappa shape index (κ2) is 7.16. The maximum absolute atomic E-state index is 11.7. The Balaban J connectivity index is 1.27. The first-order chi connectivity index (χ1) is 13.7. The van der Waals surface area contributed by atoms with Gasteiger partial charge in [0, 0.05) is 37.6 Å². The van der Waals surface area contributed by atoms with Crippen LogP contribution in [0.5, 0.6) is 0 Å². The Hall–Kier alpha value is -2.48. The number of piperidine rings is 1. The summed E-state index contributed by atoms with van der Waals surface area (Å²) in [5.74, 6) is 1.92. The summed E-state index contributed by atoms with van der Waals surface area (Å²) in [6.07, 6.45) is 6.56. The third-order valence-electron chi connectivity index (χ3n) is 6.06. The van der Waals surface area contributed by atoms with Crippen molar-refractivity contribution in [2.24, 2.45) is 5.73 Å². The molecule has 1 atom stereocenters. The van der Waals surface area contributed by atoms with Gasteiger partial charge in [0.2, 0.25) is 0 Å². The lowest BCUT2D eigenvalue weighted by molar-refractivity contribution is 0.0995. The minimum absolute atomic E-state index is 0.176. The first kappa shape index (κ1) is 17.6. The summed E-state index contributed by atoms with van der Waals surface area (Å²) in [5.41, 5.74) is 8.04. The van der Waals surface area contributed by atoms with Gasteiger partial charge in [0.1, 0.15) is 17.3 Å². The van der Waals surface area contributed by atoms with Gasteiger partial charge in [0.25, 0.3) is 5.91 Å². The van der Waals surface area contributed by atoms with Crippen LogP contribution >= 0.6 is 0 Å². The summed E-state index contributed by atoms with van der Waals surface area (Å²) in [7, 11) is 0. The van der Waals surface area contributed by atoms with Gasteiger partial charge in [-0.1, -0.05) is 0 Å². The van der Waals surface area contributed by atoms with E-state index in [1.807, 2.05) is 0 Å². The lowest BCUT2D eigenvalue weighted by Crippen LogP contribution is -2.34. The van der Waals surface area contributed by atoms with Crippen LogP contribution in [0.2, 0.25) is 0 Å². The standard InChI is InChI=1S/C20H26N6O2/c21-19(27)16-11-18(23-20(22-16)13-3-4-13)26-7-5-12(6-8-26)14-10-15(25-24-14)17-2-1-9-28-17/h10-13,17H,1-9H2,(H2,21,27)(H,24,25). The number of ether oxygens (including phenoxy) is 1. The first-order valence-electron chi connectivity index (χ1n) is 10.3. The highest BCUT2D eigenvalue weighted by Gasteiger charge is 2.30. The lowest BCUT2D eigenvalue weighted by Gasteiger charge is -2.32. The number of hydrogen-bond acceptors (Lipinski definition) is 6. The Bertz CT molecular complexity index is 863. The SMILES string of the molecule is NC(=O)c1cc(N2CCC(c3cc(C4CCCO4)[nH]n3)CC2)nc(C2CC2)n1. The van der Waals surface area contributed by atoms with Crippen LogP contribution in [0.15, 0.2) is 12.1 Å². The molecule has 3 N–H and O–H groups in total. The second-order valence-corrected chi connectivity index (χ2v) is 8.12. The van der Waals surface area contributed by atoms with Gasteiger partial charge in [0.15, 0.2) is 0 Å². The Morgan fingerprint density at radius 2 is 1.93 bits per heavy atom. The number of carbonyl (C=O) groups is 1. The van der Waals surface area contributed by atoms with Crippen molar-refractivity contribution < 1.29 is 9.53 Å². The highest BCUT2D eigenvalue weighted by atomic mass is 16.5. The number of nitrogens with zero attached hydrogens (tertiary/aromatic N) is 4. The van der Waals surface area contributed by atoms with E-state index in [2.05, 4.69) is 26.1 Å². The zero-order chi connectivity index (χ0) is 19.1. The molecule has 28 heavy (non-hydrogen) atoms. The molecular weight excluding hydrogens is 356 g/mol. The summed E-state index contributed by atoms with van der Waals surface area (Å²) in [6, 6.07) is 3.91. The van der Waals surface area contributed by atoms with Gasteiger partial charge in [-0.3, -0.25) is 9.89 Å².